The number of β-amino-alcohol motifs (C(OH)–C–C–N with tert-alkyl or cyclic N) is 1. The maximum atomic E-state index is 10.1. The molecule has 1 heterocycles. The number of piperazine rings is 1. The summed E-state index contributed by atoms with van der Waals surface area (Å²) in [6.45, 7) is 11.9. The highest BCUT2D eigenvalue weighted by atomic mass is 16.3. The van der Waals surface area contributed by atoms with Crippen molar-refractivity contribution in [2.75, 3.05) is 44.2 Å². The first kappa shape index (κ1) is 16.3. The SMILES string of the molecule is Cc1cccc(N2CCN(CC(O)CNC(C)C)CC2)c1. The van der Waals surface area contributed by atoms with E-state index in [1.807, 2.05) is 0 Å². The number of aliphatic hydroxyl groups excluding tert-OH is 1. The van der Waals surface area contributed by atoms with Crippen molar-refractivity contribution in [3.63, 3.8) is 0 Å². The maximum absolute atomic E-state index is 10.1. The summed E-state index contributed by atoms with van der Waals surface area (Å²) >= 11 is 0. The summed E-state index contributed by atoms with van der Waals surface area (Å²) in [7, 11) is 0. The molecule has 1 aliphatic rings. The average Bonchev–Trinajstić information content (AvgIpc) is 2.46. The van der Waals surface area contributed by atoms with Crippen LogP contribution < -0.4 is 10.2 Å². The van der Waals surface area contributed by atoms with Crippen LogP contribution in [0.3, 0.4) is 0 Å². The lowest BCUT2D eigenvalue weighted by molar-refractivity contribution is 0.106. The minimum atomic E-state index is -0.280. The number of aryl methyl sites for hydroxylation is 1. The van der Waals surface area contributed by atoms with E-state index in [-0.39, 0.29) is 6.10 Å². The second kappa shape index (κ2) is 7.78. The van der Waals surface area contributed by atoms with Gasteiger partial charge < -0.3 is 15.3 Å². The molecule has 1 atom stereocenters. The molecule has 0 amide bonds. The Bertz CT molecular complexity index is 428. The number of nitrogens with one attached hydrogen (secondary N) is 1. The molecule has 1 aromatic carbocycles. The van der Waals surface area contributed by atoms with Gasteiger partial charge in [0, 0.05) is 51.0 Å². The first-order chi connectivity index (χ1) is 10.0. The zero-order valence-corrected chi connectivity index (χ0v) is 13.5. The van der Waals surface area contributed by atoms with Crippen molar-refractivity contribution in [3.05, 3.63) is 29.8 Å². The van der Waals surface area contributed by atoms with Gasteiger partial charge in [-0.2, -0.15) is 0 Å². The number of hydrogen-bond acceptors (Lipinski definition) is 4. The van der Waals surface area contributed by atoms with E-state index in [4.69, 9.17) is 0 Å². The molecule has 0 spiro atoms. The number of benzene rings is 1. The summed E-state index contributed by atoms with van der Waals surface area (Å²) in [6, 6.07) is 9.12. The number of nitrogens with zero attached hydrogens (tertiary/aromatic N) is 2. The van der Waals surface area contributed by atoms with Crippen molar-refractivity contribution >= 4 is 5.69 Å². The predicted octanol–water partition coefficient (Wildman–Crippen LogP) is 1.48. The summed E-state index contributed by atoms with van der Waals surface area (Å²) in [5.41, 5.74) is 2.63. The fourth-order valence-corrected chi connectivity index (χ4v) is 2.75. The summed E-state index contributed by atoms with van der Waals surface area (Å²) in [6.07, 6.45) is -0.280. The van der Waals surface area contributed by atoms with Gasteiger partial charge in [0.05, 0.1) is 6.10 Å². The summed E-state index contributed by atoms with van der Waals surface area (Å²) < 4.78 is 0. The second-order valence-electron chi connectivity index (χ2n) is 6.34. The van der Waals surface area contributed by atoms with Crippen LogP contribution >= 0.6 is 0 Å². The number of aliphatic hydroxyl groups is 1. The Balaban J connectivity index is 1.75. The Morgan fingerprint density at radius 2 is 1.90 bits per heavy atom. The lowest BCUT2D eigenvalue weighted by Gasteiger charge is -2.37. The molecule has 21 heavy (non-hydrogen) atoms. The van der Waals surface area contributed by atoms with Crippen molar-refractivity contribution in [1.82, 2.24) is 10.2 Å². The second-order valence-corrected chi connectivity index (χ2v) is 6.34. The Morgan fingerprint density at radius 3 is 2.52 bits per heavy atom. The fraction of sp³-hybridized carbons (Fsp3) is 0.647. The quantitative estimate of drug-likeness (QED) is 0.833. The van der Waals surface area contributed by atoms with Crippen molar-refractivity contribution in [3.8, 4) is 0 Å². The molecular weight excluding hydrogens is 262 g/mol. The Kier molecular flexibility index (Phi) is 6.03. The van der Waals surface area contributed by atoms with E-state index in [0.29, 0.717) is 12.6 Å². The van der Waals surface area contributed by atoms with Gasteiger partial charge >= 0.3 is 0 Å². The largest absolute Gasteiger partial charge is 0.390 e. The van der Waals surface area contributed by atoms with Crippen LogP contribution in [0.5, 0.6) is 0 Å². The lowest BCUT2D eigenvalue weighted by atomic mass is 10.2. The van der Waals surface area contributed by atoms with Crippen LogP contribution in [0, 0.1) is 6.92 Å². The molecule has 1 fully saturated rings. The van der Waals surface area contributed by atoms with Gasteiger partial charge in [0.15, 0.2) is 0 Å². The molecule has 4 heteroatoms. The maximum Gasteiger partial charge on any atom is 0.0791 e. The van der Waals surface area contributed by atoms with E-state index >= 15 is 0 Å². The molecule has 2 rings (SSSR count). The molecule has 0 aromatic heterocycles. The van der Waals surface area contributed by atoms with Crippen molar-refractivity contribution in [2.45, 2.75) is 32.9 Å². The Labute approximate surface area is 128 Å². The third kappa shape index (κ3) is 5.30. The fourth-order valence-electron chi connectivity index (χ4n) is 2.75. The van der Waals surface area contributed by atoms with Gasteiger partial charge in [-0.15, -0.1) is 0 Å². The number of anilines is 1. The van der Waals surface area contributed by atoms with Crippen molar-refractivity contribution in [1.29, 1.82) is 0 Å². The van der Waals surface area contributed by atoms with Crippen LogP contribution in [-0.2, 0) is 0 Å². The van der Waals surface area contributed by atoms with E-state index in [1.54, 1.807) is 0 Å². The van der Waals surface area contributed by atoms with E-state index in [1.165, 1.54) is 11.3 Å². The monoisotopic (exact) mass is 291 g/mol. The van der Waals surface area contributed by atoms with Gasteiger partial charge in [0.1, 0.15) is 0 Å². The third-order valence-corrected chi connectivity index (χ3v) is 3.97. The van der Waals surface area contributed by atoms with E-state index in [2.05, 4.69) is 60.2 Å². The number of hydrogen-bond donors (Lipinski definition) is 2. The van der Waals surface area contributed by atoms with E-state index in [9.17, 15) is 5.11 Å². The molecule has 1 unspecified atom stereocenters. The van der Waals surface area contributed by atoms with Crippen LogP contribution in [0.4, 0.5) is 5.69 Å². The smallest absolute Gasteiger partial charge is 0.0791 e. The summed E-state index contributed by atoms with van der Waals surface area (Å²) in [5, 5.41) is 13.3. The lowest BCUT2D eigenvalue weighted by Crippen LogP contribution is -2.50. The van der Waals surface area contributed by atoms with Crippen molar-refractivity contribution < 1.29 is 5.11 Å². The molecule has 0 saturated carbocycles. The summed E-state index contributed by atoms with van der Waals surface area (Å²) in [5.74, 6) is 0. The van der Waals surface area contributed by atoms with E-state index in [0.717, 1.165) is 32.7 Å². The minimum absolute atomic E-state index is 0.280. The normalized spacial score (nSPS) is 18.2. The standard InChI is InChI=1S/C17H29N3O/c1-14(2)18-12-17(21)13-19-7-9-20(10-8-19)16-6-4-5-15(3)11-16/h4-6,11,14,17-18,21H,7-10,12-13H2,1-3H3. The zero-order valence-electron chi connectivity index (χ0n) is 13.5. The molecule has 2 N–H and O–H groups in total. The van der Waals surface area contributed by atoms with E-state index < -0.39 is 0 Å². The van der Waals surface area contributed by atoms with Crippen LogP contribution in [0.1, 0.15) is 19.4 Å². The molecule has 1 aliphatic heterocycles. The first-order valence-corrected chi connectivity index (χ1v) is 8.00. The molecule has 0 aliphatic carbocycles. The van der Waals surface area contributed by atoms with Gasteiger partial charge in [0.2, 0.25) is 0 Å². The molecule has 1 aromatic rings. The third-order valence-electron chi connectivity index (χ3n) is 3.97. The van der Waals surface area contributed by atoms with Gasteiger partial charge in [-0.3, -0.25) is 4.90 Å². The zero-order chi connectivity index (χ0) is 15.2. The highest BCUT2D eigenvalue weighted by Gasteiger charge is 2.19. The molecule has 1 saturated heterocycles. The van der Waals surface area contributed by atoms with Crippen LogP contribution in [0.2, 0.25) is 0 Å². The molecule has 0 radical (unpaired) electrons. The van der Waals surface area contributed by atoms with Crippen LogP contribution in [0.15, 0.2) is 24.3 Å². The first-order valence-electron chi connectivity index (χ1n) is 8.00. The highest BCUT2D eigenvalue weighted by molar-refractivity contribution is 5.48. The molecular formula is C17H29N3O. The molecule has 118 valence electrons. The summed E-state index contributed by atoms with van der Waals surface area (Å²) in [4.78, 5) is 4.79. The topological polar surface area (TPSA) is 38.7 Å². The van der Waals surface area contributed by atoms with Gasteiger partial charge in [-0.05, 0) is 24.6 Å². The predicted molar refractivity (Wildman–Crippen MR) is 89.0 cm³/mol. The van der Waals surface area contributed by atoms with Crippen LogP contribution in [0.25, 0.3) is 0 Å². The molecule has 0 bridgehead atoms. The number of rotatable bonds is 6. The Morgan fingerprint density at radius 1 is 1.19 bits per heavy atom. The molecule has 4 nitrogen and oxygen atoms in total. The minimum Gasteiger partial charge on any atom is -0.390 e. The van der Waals surface area contributed by atoms with Crippen LogP contribution in [-0.4, -0.2) is 61.4 Å². The average molecular weight is 291 g/mol. The van der Waals surface area contributed by atoms with Gasteiger partial charge in [-0.25, -0.2) is 0 Å². The Hall–Kier alpha value is -1.10. The van der Waals surface area contributed by atoms with Gasteiger partial charge in [0.25, 0.3) is 0 Å². The van der Waals surface area contributed by atoms with Gasteiger partial charge in [-0.1, -0.05) is 26.0 Å². The highest BCUT2D eigenvalue weighted by Crippen LogP contribution is 2.17. The van der Waals surface area contributed by atoms with Crippen molar-refractivity contribution in [2.24, 2.45) is 0 Å².